The molecule has 1 saturated heterocycles. The maximum atomic E-state index is 12.4. The minimum Gasteiger partial charge on any atom is -0.481 e. The van der Waals surface area contributed by atoms with Crippen LogP contribution in [-0.4, -0.2) is 41.8 Å². The third-order valence-electron chi connectivity index (χ3n) is 3.16. The molecule has 7 heteroatoms. The molecule has 1 heterocycles. The third-order valence-corrected chi connectivity index (χ3v) is 3.16. The van der Waals surface area contributed by atoms with Crippen LogP contribution >= 0.6 is 0 Å². The van der Waals surface area contributed by atoms with E-state index in [0.29, 0.717) is 25.9 Å². The smallest absolute Gasteiger partial charge is 0.405 e. The van der Waals surface area contributed by atoms with Gasteiger partial charge in [0, 0.05) is 13.0 Å². The zero-order chi connectivity index (χ0) is 13.8. The van der Waals surface area contributed by atoms with Gasteiger partial charge in [-0.25, -0.2) is 0 Å². The van der Waals surface area contributed by atoms with Gasteiger partial charge >= 0.3 is 12.1 Å². The van der Waals surface area contributed by atoms with Crippen molar-refractivity contribution in [3.05, 3.63) is 0 Å². The van der Waals surface area contributed by atoms with Crippen LogP contribution in [0.3, 0.4) is 0 Å². The summed E-state index contributed by atoms with van der Waals surface area (Å²) in [5.41, 5.74) is 0. The summed E-state index contributed by atoms with van der Waals surface area (Å²) >= 11 is 0. The van der Waals surface area contributed by atoms with Crippen molar-refractivity contribution in [2.45, 2.75) is 25.4 Å². The van der Waals surface area contributed by atoms with Gasteiger partial charge in [0.2, 0.25) is 0 Å². The zero-order valence-electron chi connectivity index (χ0n) is 9.78. The molecule has 0 bridgehead atoms. The van der Waals surface area contributed by atoms with Crippen molar-refractivity contribution in [2.75, 3.05) is 19.6 Å². The second-order valence-electron chi connectivity index (χ2n) is 4.57. The van der Waals surface area contributed by atoms with E-state index in [9.17, 15) is 18.0 Å². The molecule has 0 aromatic heterocycles. The van der Waals surface area contributed by atoms with Crippen LogP contribution in [0.25, 0.3) is 0 Å². The topological polar surface area (TPSA) is 64.3 Å². The van der Waals surface area contributed by atoms with Gasteiger partial charge in [-0.05, 0) is 31.8 Å². The van der Waals surface area contributed by atoms with E-state index in [2.05, 4.69) is 0 Å². The minimum absolute atomic E-state index is 0.0326. The molecule has 1 aliphatic heterocycles. The molecule has 102 valence electrons. The molecule has 0 amide bonds. The number of hydrogen-bond acceptors (Lipinski definition) is 3. The lowest BCUT2D eigenvalue weighted by Crippen LogP contribution is -2.41. The van der Waals surface area contributed by atoms with Gasteiger partial charge < -0.3 is 10.0 Å². The van der Waals surface area contributed by atoms with Crippen molar-refractivity contribution in [3.63, 3.8) is 0 Å². The Labute approximate surface area is 103 Å². The number of carboxylic acid groups (broad SMARTS) is 1. The van der Waals surface area contributed by atoms with Gasteiger partial charge in [0.25, 0.3) is 0 Å². The number of rotatable bonds is 4. The van der Waals surface area contributed by atoms with Crippen molar-refractivity contribution in [1.29, 1.82) is 5.26 Å². The van der Waals surface area contributed by atoms with Crippen molar-refractivity contribution < 1.29 is 23.1 Å². The van der Waals surface area contributed by atoms with Crippen LogP contribution in [0.2, 0.25) is 0 Å². The van der Waals surface area contributed by atoms with E-state index in [-0.39, 0.29) is 18.9 Å². The van der Waals surface area contributed by atoms with Crippen LogP contribution in [0.15, 0.2) is 0 Å². The Morgan fingerprint density at radius 3 is 2.39 bits per heavy atom. The van der Waals surface area contributed by atoms with Gasteiger partial charge in [-0.2, -0.15) is 18.4 Å². The number of piperidine rings is 1. The number of likely N-dealkylation sites (tertiary alicyclic amines) is 1. The summed E-state index contributed by atoms with van der Waals surface area (Å²) < 4.78 is 37.2. The highest BCUT2D eigenvalue weighted by molar-refractivity contribution is 5.67. The molecule has 1 rings (SSSR count). The first-order chi connectivity index (χ1) is 8.32. The number of carboxylic acids is 1. The monoisotopic (exact) mass is 264 g/mol. The molecule has 0 radical (unpaired) electrons. The lowest BCUT2D eigenvalue weighted by molar-refractivity contribution is -0.163. The summed E-state index contributed by atoms with van der Waals surface area (Å²) in [6, 6.07) is 1.27. The second-order valence-corrected chi connectivity index (χ2v) is 4.57. The molecule has 0 saturated carbocycles. The number of halogens is 3. The van der Waals surface area contributed by atoms with E-state index in [0.717, 1.165) is 0 Å². The first-order valence-corrected chi connectivity index (χ1v) is 5.73. The lowest BCUT2D eigenvalue weighted by atomic mass is 9.93. The molecular formula is C11H15F3N2O2. The standard InChI is InChI=1S/C11H15F3N2O2/c12-11(13,14)9(6-15)7-16-3-1-8(2-4-16)5-10(17)18/h8-9H,1-5,7H2,(H,17,18). The van der Waals surface area contributed by atoms with Crippen molar-refractivity contribution in [1.82, 2.24) is 4.90 Å². The van der Waals surface area contributed by atoms with Crippen LogP contribution in [0, 0.1) is 23.2 Å². The number of alkyl halides is 3. The molecule has 1 unspecified atom stereocenters. The van der Waals surface area contributed by atoms with Crippen LogP contribution in [0.5, 0.6) is 0 Å². The number of carbonyl (C=O) groups is 1. The van der Waals surface area contributed by atoms with Crippen molar-refractivity contribution >= 4 is 5.97 Å². The van der Waals surface area contributed by atoms with Gasteiger partial charge in [-0.15, -0.1) is 0 Å². The lowest BCUT2D eigenvalue weighted by Gasteiger charge is -2.32. The Morgan fingerprint density at radius 2 is 2.00 bits per heavy atom. The quantitative estimate of drug-likeness (QED) is 0.842. The minimum atomic E-state index is -4.49. The largest absolute Gasteiger partial charge is 0.481 e. The van der Waals surface area contributed by atoms with Crippen LogP contribution in [-0.2, 0) is 4.79 Å². The maximum absolute atomic E-state index is 12.4. The molecule has 1 fully saturated rings. The molecule has 1 N–H and O–H groups in total. The number of nitriles is 1. The Balaban J connectivity index is 2.40. The summed E-state index contributed by atoms with van der Waals surface area (Å²) in [6.07, 6.45) is -3.29. The number of hydrogen-bond donors (Lipinski definition) is 1. The van der Waals surface area contributed by atoms with E-state index in [1.165, 1.54) is 6.07 Å². The fraction of sp³-hybridized carbons (Fsp3) is 0.818. The molecule has 0 aromatic rings. The average Bonchev–Trinajstić information content (AvgIpc) is 2.25. The second kappa shape index (κ2) is 6.05. The Kier molecular flexibility index (Phi) is 4.96. The van der Waals surface area contributed by atoms with Gasteiger partial charge in [0.1, 0.15) is 0 Å². The third kappa shape index (κ3) is 4.53. The highest BCUT2D eigenvalue weighted by atomic mass is 19.4. The molecular weight excluding hydrogens is 249 g/mol. The van der Waals surface area contributed by atoms with E-state index in [4.69, 9.17) is 10.4 Å². The summed E-state index contributed by atoms with van der Waals surface area (Å²) in [5.74, 6) is -2.81. The fourth-order valence-corrected chi connectivity index (χ4v) is 2.10. The van der Waals surface area contributed by atoms with Crippen molar-refractivity contribution in [2.24, 2.45) is 11.8 Å². The van der Waals surface area contributed by atoms with Crippen LogP contribution < -0.4 is 0 Å². The van der Waals surface area contributed by atoms with E-state index >= 15 is 0 Å². The van der Waals surface area contributed by atoms with E-state index in [1.807, 2.05) is 0 Å². The number of aliphatic carboxylic acids is 1. The Bertz CT molecular complexity index is 330. The van der Waals surface area contributed by atoms with Crippen LogP contribution in [0.4, 0.5) is 13.2 Å². The normalized spacial score (nSPS) is 20.3. The molecule has 0 aliphatic carbocycles. The molecule has 4 nitrogen and oxygen atoms in total. The van der Waals surface area contributed by atoms with E-state index < -0.39 is 18.1 Å². The van der Waals surface area contributed by atoms with Gasteiger partial charge in [-0.3, -0.25) is 4.79 Å². The predicted octanol–water partition coefficient (Wildman–Crippen LogP) is 1.88. The molecule has 18 heavy (non-hydrogen) atoms. The van der Waals surface area contributed by atoms with Gasteiger partial charge in [0.05, 0.1) is 6.07 Å². The summed E-state index contributed by atoms with van der Waals surface area (Å²) in [7, 11) is 0. The fourth-order valence-electron chi connectivity index (χ4n) is 2.10. The molecule has 1 atom stereocenters. The van der Waals surface area contributed by atoms with Gasteiger partial charge in [-0.1, -0.05) is 0 Å². The first kappa shape index (κ1) is 14.8. The maximum Gasteiger partial charge on any atom is 0.405 e. The molecule has 1 aliphatic rings. The number of nitrogens with zero attached hydrogens (tertiary/aromatic N) is 2. The van der Waals surface area contributed by atoms with E-state index in [1.54, 1.807) is 4.90 Å². The molecule has 0 aromatic carbocycles. The Morgan fingerprint density at radius 1 is 1.44 bits per heavy atom. The SMILES string of the molecule is N#CC(CN1CCC(CC(=O)O)CC1)C(F)(F)F. The highest BCUT2D eigenvalue weighted by Gasteiger charge is 2.41. The predicted molar refractivity (Wildman–Crippen MR) is 56.6 cm³/mol. The Hall–Kier alpha value is -1.29. The van der Waals surface area contributed by atoms with Gasteiger partial charge in [0.15, 0.2) is 5.92 Å². The summed E-state index contributed by atoms with van der Waals surface area (Å²) in [4.78, 5) is 12.1. The first-order valence-electron chi connectivity index (χ1n) is 5.73. The zero-order valence-corrected chi connectivity index (χ0v) is 9.78. The van der Waals surface area contributed by atoms with Crippen molar-refractivity contribution in [3.8, 4) is 6.07 Å². The average molecular weight is 264 g/mol. The highest BCUT2D eigenvalue weighted by Crippen LogP contribution is 2.28. The van der Waals surface area contributed by atoms with Crippen LogP contribution in [0.1, 0.15) is 19.3 Å². The summed E-state index contributed by atoms with van der Waals surface area (Å²) in [5, 5.41) is 17.1. The summed E-state index contributed by atoms with van der Waals surface area (Å²) in [6.45, 7) is 0.526. The molecule has 0 spiro atoms.